The predicted molar refractivity (Wildman–Crippen MR) is 86.9 cm³/mol. The molecule has 0 unspecified atom stereocenters. The molecule has 4 rings (SSSR count). The number of hydrogen-bond acceptors (Lipinski definition) is 2. The van der Waals surface area contributed by atoms with Crippen LogP contribution in [0.15, 0.2) is 78.9 Å². The molecule has 1 aliphatic heterocycles. The summed E-state index contributed by atoms with van der Waals surface area (Å²) < 4.78 is 5.94. The maximum atomic E-state index is 12.5. The minimum Gasteiger partial charge on any atom is -0.480 e. The van der Waals surface area contributed by atoms with E-state index in [9.17, 15) is 9.90 Å². The number of carboxylic acid groups (broad SMARTS) is 1. The summed E-state index contributed by atoms with van der Waals surface area (Å²) in [6.45, 7) is 0. The Morgan fingerprint density at radius 3 is 1.74 bits per heavy atom. The zero-order valence-corrected chi connectivity index (χ0v) is 12.3. The standard InChI is InChI=1S/C20H14O3/c21-19(22)20(14-8-2-1-3-9-14)15-10-4-6-12-17(15)23-18-13-7-5-11-16(18)20/h1-13H,(H,21,22). The van der Waals surface area contributed by atoms with Crippen molar-refractivity contribution >= 4 is 5.97 Å². The summed E-state index contributed by atoms with van der Waals surface area (Å²) in [6, 6.07) is 24.0. The SMILES string of the molecule is O=C(O)C1(c2ccccc2)c2ccccc2Oc2ccccc21. The summed E-state index contributed by atoms with van der Waals surface area (Å²) in [5.41, 5.74) is 0.748. The minimum atomic E-state index is -1.27. The number of fused-ring (bicyclic) bond motifs is 2. The molecule has 3 aromatic rings. The molecule has 0 fully saturated rings. The molecular weight excluding hydrogens is 288 g/mol. The Bertz CT molecular complexity index is 839. The molecule has 0 atom stereocenters. The first kappa shape index (κ1) is 13.6. The van der Waals surface area contributed by atoms with Crippen LogP contribution in [-0.2, 0) is 10.2 Å². The Hall–Kier alpha value is -3.07. The fourth-order valence-corrected chi connectivity index (χ4v) is 3.35. The van der Waals surface area contributed by atoms with Gasteiger partial charge in [-0.2, -0.15) is 0 Å². The summed E-state index contributed by atoms with van der Waals surface area (Å²) in [5, 5.41) is 10.3. The van der Waals surface area contributed by atoms with Crippen LogP contribution in [0.4, 0.5) is 0 Å². The van der Waals surface area contributed by atoms with Crippen molar-refractivity contribution in [1.29, 1.82) is 0 Å². The Balaban J connectivity index is 2.15. The first-order chi connectivity index (χ1) is 11.2. The normalized spacial score (nSPS) is 14.3. The Labute approximate surface area is 133 Å². The van der Waals surface area contributed by atoms with Crippen LogP contribution in [0.3, 0.4) is 0 Å². The second kappa shape index (κ2) is 4.99. The molecule has 0 spiro atoms. The van der Waals surface area contributed by atoms with Gasteiger partial charge in [-0.05, 0) is 17.7 Å². The first-order valence-electron chi connectivity index (χ1n) is 7.40. The van der Waals surface area contributed by atoms with Crippen LogP contribution in [0, 0.1) is 0 Å². The summed E-state index contributed by atoms with van der Waals surface area (Å²) in [6.07, 6.45) is 0. The third-order valence-corrected chi connectivity index (χ3v) is 4.33. The lowest BCUT2D eigenvalue weighted by molar-refractivity contribution is -0.140. The van der Waals surface area contributed by atoms with Gasteiger partial charge in [0.05, 0.1) is 0 Å². The topological polar surface area (TPSA) is 46.5 Å². The van der Waals surface area contributed by atoms with Crippen molar-refractivity contribution < 1.29 is 14.6 Å². The average Bonchev–Trinajstić information content (AvgIpc) is 2.60. The van der Waals surface area contributed by atoms with Crippen LogP contribution < -0.4 is 4.74 Å². The van der Waals surface area contributed by atoms with E-state index in [1.807, 2.05) is 78.9 Å². The highest BCUT2D eigenvalue weighted by Gasteiger charge is 2.49. The number of para-hydroxylation sites is 2. The molecule has 0 saturated heterocycles. The van der Waals surface area contributed by atoms with Crippen molar-refractivity contribution in [2.24, 2.45) is 0 Å². The fourth-order valence-electron chi connectivity index (χ4n) is 3.35. The number of rotatable bonds is 2. The van der Waals surface area contributed by atoms with Crippen molar-refractivity contribution in [1.82, 2.24) is 0 Å². The molecule has 3 heteroatoms. The zero-order chi connectivity index (χ0) is 15.9. The highest BCUT2D eigenvalue weighted by atomic mass is 16.5. The van der Waals surface area contributed by atoms with Crippen LogP contribution in [0.25, 0.3) is 0 Å². The third kappa shape index (κ3) is 1.80. The average molecular weight is 302 g/mol. The number of aliphatic carboxylic acids is 1. The molecular formula is C20H14O3. The molecule has 0 aromatic heterocycles. The molecule has 1 aliphatic rings. The summed E-state index contributed by atoms with van der Waals surface area (Å²) in [4.78, 5) is 12.5. The fraction of sp³-hybridized carbons (Fsp3) is 0.0500. The van der Waals surface area contributed by atoms with Gasteiger partial charge < -0.3 is 9.84 Å². The van der Waals surface area contributed by atoms with Crippen molar-refractivity contribution in [3.63, 3.8) is 0 Å². The molecule has 3 aromatic carbocycles. The van der Waals surface area contributed by atoms with Crippen LogP contribution in [0.2, 0.25) is 0 Å². The van der Waals surface area contributed by atoms with Crippen molar-refractivity contribution in [3.05, 3.63) is 95.6 Å². The number of carboxylic acids is 1. The maximum Gasteiger partial charge on any atom is 0.323 e. The summed E-state index contributed by atoms with van der Waals surface area (Å²) in [7, 11) is 0. The molecule has 3 nitrogen and oxygen atoms in total. The smallest absolute Gasteiger partial charge is 0.323 e. The van der Waals surface area contributed by atoms with E-state index in [1.165, 1.54) is 0 Å². The molecule has 0 radical (unpaired) electrons. The van der Waals surface area contributed by atoms with E-state index < -0.39 is 11.4 Å². The maximum absolute atomic E-state index is 12.5. The number of ether oxygens (including phenoxy) is 1. The van der Waals surface area contributed by atoms with E-state index in [0.717, 1.165) is 5.56 Å². The molecule has 0 bridgehead atoms. The van der Waals surface area contributed by atoms with E-state index in [1.54, 1.807) is 0 Å². The number of hydrogen-bond donors (Lipinski definition) is 1. The van der Waals surface area contributed by atoms with Gasteiger partial charge in [-0.3, -0.25) is 4.79 Å². The lowest BCUT2D eigenvalue weighted by Gasteiger charge is -2.37. The van der Waals surface area contributed by atoms with Gasteiger partial charge in [-0.25, -0.2) is 0 Å². The number of benzene rings is 3. The molecule has 0 amide bonds. The van der Waals surface area contributed by atoms with E-state index in [4.69, 9.17) is 4.74 Å². The largest absolute Gasteiger partial charge is 0.480 e. The quantitative estimate of drug-likeness (QED) is 0.771. The minimum absolute atomic E-state index is 0.581. The van der Waals surface area contributed by atoms with Crippen molar-refractivity contribution in [2.75, 3.05) is 0 Å². The Morgan fingerprint density at radius 1 is 0.739 bits per heavy atom. The monoisotopic (exact) mass is 302 g/mol. The van der Waals surface area contributed by atoms with E-state index >= 15 is 0 Å². The molecule has 1 heterocycles. The van der Waals surface area contributed by atoms with Crippen LogP contribution in [-0.4, -0.2) is 11.1 Å². The van der Waals surface area contributed by atoms with Crippen molar-refractivity contribution in [3.8, 4) is 11.5 Å². The van der Waals surface area contributed by atoms with Gasteiger partial charge in [0.2, 0.25) is 0 Å². The second-order valence-electron chi connectivity index (χ2n) is 5.52. The van der Waals surface area contributed by atoms with E-state index in [2.05, 4.69) is 0 Å². The van der Waals surface area contributed by atoms with Gasteiger partial charge in [-0.15, -0.1) is 0 Å². The zero-order valence-electron chi connectivity index (χ0n) is 12.3. The molecule has 112 valence electrons. The number of carbonyl (C=O) groups is 1. The summed E-state index contributed by atoms with van der Waals surface area (Å²) >= 11 is 0. The van der Waals surface area contributed by atoms with E-state index in [-0.39, 0.29) is 0 Å². The Morgan fingerprint density at radius 2 is 1.22 bits per heavy atom. The highest BCUT2D eigenvalue weighted by molar-refractivity contribution is 5.93. The van der Waals surface area contributed by atoms with Gasteiger partial charge in [0.15, 0.2) is 0 Å². The van der Waals surface area contributed by atoms with Gasteiger partial charge in [0, 0.05) is 11.1 Å². The van der Waals surface area contributed by atoms with Gasteiger partial charge >= 0.3 is 5.97 Å². The van der Waals surface area contributed by atoms with Crippen LogP contribution in [0.1, 0.15) is 16.7 Å². The Kier molecular flexibility index (Phi) is 2.95. The van der Waals surface area contributed by atoms with E-state index in [0.29, 0.717) is 22.6 Å². The predicted octanol–water partition coefficient (Wildman–Crippen LogP) is 4.21. The molecule has 0 aliphatic carbocycles. The molecule has 1 N–H and O–H groups in total. The van der Waals surface area contributed by atoms with Crippen molar-refractivity contribution in [2.45, 2.75) is 5.41 Å². The van der Waals surface area contributed by atoms with Gasteiger partial charge in [0.1, 0.15) is 16.9 Å². The lowest BCUT2D eigenvalue weighted by atomic mass is 9.68. The van der Waals surface area contributed by atoms with Crippen LogP contribution >= 0.6 is 0 Å². The second-order valence-corrected chi connectivity index (χ2v) is 5.52. The van der Waals surface area contributed by atoms with Crippen LogP contribution in [0.5, 0.6) is 11.5 Å². The van der Waals surface area contributed by atoms with Gasteiger partial charge in [0.25, 0.3) is 0 Å². The lowest BCUT2D eigenvalue weighted by Crippen LogP contribution is -2.40. The van der Waals surface area contributed by atoms with Gasteiger partial charge in [-0.1, -0.05) is 66.7 Å². The first-order valence-corrected chi connectivity index (χ1v) is 7.40. The third-order valence-electron chi connectivity index (χ3n) is 4.33. The highest BCUT2D eigenvalue weighted by Crippen LogP contribution is 2.51. The summed E-state index contributed by atoms with van der Waals surface area (Å²) in [5.74, 6) is 0.252. The molecule has 23 heavy (non-hydrogen) atoms. The molecule has 0 saturated carbocycles.